The molecule has 1 N–H and O–H groups in total. The summed E-state index contributed by atoms with van der Waals surface area (Å²) in [6.45, 7) is 1.28. The second-order valence-electron chi connectivity index (χ2n) is 7.05. The van der Waals surface area contributed by atoms with E-state index in [1.54, 1.807) is 4.90 Å². The largest absolute Gasteiger partial charge is 0.477 e. The van der Waals surface area contributed by atoms with Crippen LogP contribution >= 0.6 is 0 Å². The maximum absolute atomic E-state index is 13.0. The van der Waals surface area contributed by atoms with Crippen LogP contribution in [0.1, 0.15) is 44.1 Å². The van der Waals surface area contributed by atoms with Gasteiger partial charge in [0.15, 0.2) is 0 Å². The summed E-state index contributed by atoms with van der Waals surface area (Å²) in [6.07, 6.45) is 2.76. The number of nitrogens with zero attached hydrogens (tertiary/aromatic N) is 2. The van der Waals surface area contributed by atoms with Crippen LogP contribution in [0.4, 0.5) is 18.0 Å². The van der Waals surface area contributed by atoms with Crippen LogP contribution in [0.2, 0.25) is 0 Å². The highest BCUT2D eigenvalue weighted by molar-refractivity contribution is 5.74. The summed E-state index contributed by atoms with van der Waals surface area (Å²) in [7, 11) is 0. The summed E-state index contributed by atoms with van der Waals surface area (Å²) in [4.78, 5) is 17.8. The third-order valence-corrected chi connectivity index (χ3v) is 5.02. The first-order chi connectivity index (χ1) is 12.4. The molecule has 3 rings (SSSR count). The van der Waals surface area contributed by atoms with E-state index >= 15 is 0 Å². The Hall–Kier alpha value is -1.99. The maximum atomic E-state index is 13.0. The van der Waals surface area contributed by atoms with Gasteiger partial charge in [-0.25, -0.2) is 9.78 Å². The van der Waals surface area contributed by atoms with E-state index in [0.717, 1.165) is 44.6 Å². The van der Waals surface area contributed by atoms with Gasteiger partial charge in [-0.3, -0.25) is 0 Å². The van der Waals surface area contributed by atoms with Crippen molar-refractivity contribution in [1.29, 1.82) is 0 Å². The van der Waals surface area contributed by atoms with E-state index in [4.69, 9.17) is 4.74 Å². The predicted octanol–water partition coefficient (Wildman–Crippen LogP) is 3.84. The normalized spacial score (nSPS) is 21.7. The van der Waals surface area contributed by atoms with Crippen LogP contribution in [0.15, 0.2) is 18.3 Å². The number of alkyl halides is 3. The molecule has 1 aliphatic carbocycles. The fraction of sp³-hybridized carbons (Fsp3) is 0.667. The van der Waals surface area contributed by atoms with Gasteiger partial charge in [0, 0.05) is 31.2 Å². The fourth-order valence-electron chi connectivity index (χ4n) is 3.64. The zero-order valence-corrected chi connectivity index (χ0v) is 14.6. The topological polar surface area (TPSA) is 54.5 Å². The van der Waals surface area contributed by atoms with E-state index in [1.807, 2.05) is 0 Å². The first kappa shape index (κ1) is 18.8. The molecule has 0 radical (unpaired) electrons. The molecule has 26 heavy (non-hydrogen) atoms. The molecule has 1 aromatic heterocycles. The number of pyridine rings is 1. The van der Waals surface area contributed by atoms with E-state index in [0.29, 0.717) is 13.1 Å². The van der Waals surface area contributed by atoms with E-state index in [9.17, 15) is 18.0 Å². The van der Waals surface area contributed by atoms with Crippen molar-refractivity contribution in [2.24, 2.45) is 5.92 Å². The van der Waals surface area contributed by atoms with Crippen molar-refractivity contribution in [2.75, 3.05) is 19.7 Å². The zero-order chi connectivity index (χ0) is 18.6. The monoisotopic (exact) mass is 371 g/mol. The van der Waals surface area contributed by atoms with Crippen LogP contribution in [0.3, 0.4) is 0 Å². The molecule has 0 aromatic carbocycles. The van der Waals surface area contributed by atoms with Crippen LogP contribution in [0.25, 0.3) is 0 Å². The molecule has 2 fully saturated rings. The maximum Gasteiger partial charge on any atom is 0.421 e. The van der Waals surface area contributed by atoms with Gasteiger partial charge >= 0.3 is 12.2 Å². The second-order valence-corrected chi connectivity index (χ2v) is 7.05. The summed E-state index contributed by atoms with van der Waals surface area (Å²) in [5.74, 6) is -0.395. The average molecular weight is 371 g/mol. The van der Waals surface area contributed by atoms with Gasteiger partial charge in [0.25, 0.3) is 0 Å². The quantitative estimate of drug-likeness (QED) is 0.875. The van der Waals surface area contributed by atoms with Crippen molar-refractivity contribution in [3.8, 4) is 5.88 Å². The lowest BCUT2D eigenvalue weighted by Crippen LogP contribution is -2.48. The molecule has 1 saturated carbocycles. The Labute approximate surface area is 150 Å². The predicted molar refractivity (Wildman–Crippen MR) is 89.8 cm³/mol. The molecule has 2 aliphatic rings. The molecule has 5 nitrogen and oxygen atoms in total. The Balaban J connectivity index is 1.53. The Morgan fingerprint density at radius 3 is 2.77 bits per heavy atom. The third kappa shape index (κ3) is 4.80. The smallest absolute Gasteiger partial charge is 0.421 e. The number of ether oxygens (including phenoxy) is 1. The minimum absolute atomic E-state index is 0.00108. The summed E-state index contributed by atoms with van der Waals surface area (Å²) in [5, 5.41) is 3.06. The van der Waals surface area contributed by atoms with Crippen molar-refractivity contribution >= 4 is 6.03 Å². The van der Waals surface area contributed by atoms with Gasteiger partial charge in [-0.1, -0.05) is 12.8 Å². The number of nitrogens with one attached hydrogen (secondary N) is 1. The first-order valence-electron chi connectivity index (χ1n) is 9.14. The van der Waals surface area contributed by atoms with Crippen molar-refractivity contribution in [3.63, 3.8) is 0 Å². The number of hydrogen-bond donors (Lipinski definition) is 1. The number of aromatic nitrogens is 1. The molecule has 1 aliphatic heterocycles. The molecular weight excluding hydrogens is 347 g/mol. The number of hydrogen-bond acceptors (Lipinski definition) is 3. The van der Waals surface area contributed by atoms with Gasteiger partial charge in [-0.2, -0.15) is 13.2 Å². The van der Waals surface area contributed by atoms with Gasteiger partial charge in [-0.05, 0) is 37.8 Å². The van der Waals surface area contributed by atoms with Gasteiger partial charge in [0.1, 0.15) is 5.56 Å². The van der Waals surface area contributed by atoms with E-state index < -0.39 is 17.6 Å². The Morgan fingerprint density at radius 2 is 2.04 bits per heavy atom. The number of urea groups is 1. The number of carbonyl (C=O) groups excluding carboxylic acids is 1. The standard InChI is InChI=1S/C18H24F3N3O2/c19-18(20,21)15-8-3-9-22-16(15)26-12-13-5-4-10-24(11-13)17(25)23-14-6-1-2-7-14/h3,8-9,13-14H,1-2,4-7,10-12H2,(H,23,25). The minimum atomic E-state index is -4.50. The van der Waals surface area contributed by atoms with Gasteiger partial charge < -0.3 is 15.0 Å². The van der Waals surface area contributed by atoms with Gasteiger partial charge in [-0.15, -0.1) is 0 Å². The van der Waals surface area contributed by atoms with Crippen LogP contribution < -0.4 is 10.1 Å². The third-order valence-electron chi connectivity index (χ3n) is 5.02. The van der Waals surface area contributed by atoms with Gasteiger partial charge in [0.2, 0.25) is 5.88 Å². The molecule has 0 bridgehead atoms. The molecule has 1 atom stereocenters. The number of likely N-dealkylation sites (tertiary alicyclic amines) is 1. The van der Waals surface area contributed by atoms with Crippen molar-refractivity contribution < 1.29 is 22.7 Å². The number of rotatable bonds is 4. The molecule has 144 valence electrons. The molecule has 1 saturated heterocycles. The lowest BCUT2D eigenvalue weighted by Gasteiger charge is -2.33. The minimum Gasteiger partial charge on any atom is -0.477 e. The molecule has 2 amide bonds. The SMILES string of the molecule is O=C(NC1CCCC1)N1CCCC(COc2ncccc2C(F)(F)F)C1. The van der Waals surface area contributed by atoms with Crippen LogP contribution in [0.5, 0.6) is 5.88 Å². The Morgan fingerprint density at radius 1 is 1.27 bits per heavy atom. The highest BCUT2D eigenvalue weighted by atomic mass is 19.4. The summed E-state index contributed by atoms with van der Waals surface area (Å²) < 4.78 is 44.4. The van der Waals surface area contributed by atoms with E-state index in [1.165, 1.54) is 12.3 Å². The fourth-order valence-corrected chi connectivity index (χ4v) is 3.64. The van der Waals surface area contributed by atoms with Crippen molar-refractivity contribution in [3.05, 3.63) is 23.9 Å². The van der Waals surface area contributed by atoms with Crippen molar-refractivity contribution in [2.45, 2.75) is 50.7 Å². The van der Waals surface area contributed by atoms with Crippen LogP contribution in [-0.2, 0) is 6.18 Å². The first-order valence-corrected chi connectivity index (χ1v) is 9.14. The molecule has 1 aromatic rings. The Kier molecular flexibility index (Phi) is 5.88. The highest BCUT2D eigenvalue weighted by Crippen LogP contribution is 2.35. The van der Waals surface area contributed by atoms with E-state index in [2.05, 4.69) is 10.3 Å². The van der Waals surface area contributed by atoms with Crippen molar-refractivity contribution in [1.82, 2.24) is 15.2 Å². The zero-order valence-electron chi connectivity index (χ0n) is 14.6. The van der Waals surface area contributed by atoms with Crippen LogP contribution in [-0.4, -0.2) is 41.7 Å². The second kappa shape index (κ2) is 8.14. The average Bonchev–Trinajstić information content (AvgIpc) is 3.12. The summed E-state index contributed by atoms with van der Waals surface area (Å²) >= 11 is 0. The number of carbonyl (C=O) groups is 1. The number of piperidine rings is 1. The number of amides is 2. The molecular formula is C18H24F3N3O2. The molecule has 0 spiro atoms. The van der Waals surface area contributed by atoms with Gasteiger partial charge in [0.05, 0.1) is 6.61 Å². The molecule has 1 unspecified atom stereocenters. The lowest BCUT2D eigenvalue weighted by atomic mass is 9.99. The van der Waals surface area contributed by atoms with E-state index in [-0.39, 0.29) is 24.6 Å². The van der Waals surface area contributed by atoms with Crippen LogP contribution in [0, 0.1) is 5.92 Å². The Bertz CT molecular complexity index is 618. The summed E-state index contributed by atoms with van der Waals surface area (Å²) in [6, 6.07) is 2.38. The number of halogens is 3. The molecule has 2 heterocycles. The lowest BCUT2D eigenvalue weighted by molar-refractivity contribution is -0.139. The molecule has 8 heteroatoms. The summed E-state index contributed by atoms with van der Waals surface area (Å²) in [5.41, 5.74) is -0.869. The highest BCUT2D eigenvalue weighted by Gasteiger charge is 2.35.